The molecule has 6 heteroatoms. The molecule has 1 atom stereocenters. The topological polar surface area (TPSA) is 59.0 Å². The smallest absolute Gasteiger partial charge is 0.239 e. The van der Waals surface area contributed by atoms with Crippen molar-refractivity contribution in [2.45, 2.75) is 25.9 Å². The molecule has 0 radical (unpaired) electrons. The molecule has 25 heavy (non-hydrogen) atoms. The lowest BCUT2D eigenvalue weighted by molar-refractivity contribution is -0.115. The van der Waals surface area contributed by atoms with Gasteiger partial charge in [-0.05, 0) is 30.9 Å². The summed E-state index contributed by atoms with van der Waals surface area (Å²) in [5, 5.41) is 12.6. The maximum absolute atomic E-state index is 12.4. The Morgan fingerprint density at radius 1 is 1.16 bits per heavy atom. The predicted molar refractivity (Wildman–Crippen MR) is 102 cm³/mol. The number of hydrogen-bond donors (Lipinski definition) is 2. The first-order chi connectivity index (χ1) is 12.1. The number of hydrogen-bond acceptors (Lipinski definition) is 4. The summed E-state index contributed by atoms with van der Waals surface area (Å²) < 4.78 is 1.80. The van der Waals surface area contributed by atoms with Crippen LogP contribution in [0.2, 0.25) is 0 Å². The lowest BCUT2D eigenvalue weighted by atomic mass is 10.1. The Labute approximate surface area is 151 Å². The van der Waals surface area contributed by atoms with Crippen molar-refractivity contribution in [2.24, 2.45) is 0 Å². The van der Waals surface area contributed by atoms with Gasteiger partial charge in [-0.1, -0.05) is 36.4 Å². The summed E-state index contributed by atoms with van der Waals surface area (Å²) in [5.74, 6) is 0.633. The average Bonchev–Trinajstić information content (AvgIpc) is 3.28. The van der Waals surface area contributed by atoms with Crippen LogP contribution in [0.15, 0.2) is 60.1 Å². The van der Waals surface area contributed by atoms with Gasteiger partial charge < -0.3 is 5.32 Å². The van der Waals surface area contributed by atoms with Gasteiger partial charge in [0.1, 0.15) is 5.82 Å². The monoisotopic (exact) mass is 354 g/mol. The van der Waals surface area contributed by atoms with Gasteiger partial charge in [0.2, 0.25) is 5.91 Å². The number of anilines is 1. The highest BCUT2D eigenvalue weighted by molar-refractivity contribution is 7.10. The van der Waals surface area contributed by atoms with Gasteiger partial charge in [-0.25, -0.2) is 4.68 Å². The van der Waals surface area contributed by atoms with Gasteiger partial charge in [0.15, 0.2) is 0 Å². The molecule has 0 saturated carbocycles. The second-order valence-corrected chi connectivity index (χ2v) is 7.02. The van der Waals surface area contributed by atoms with Gasteiger partial charge in [0.05, 0.1) is 18.8 Å². The fourth-order valence-corrected chi connectivity index (χ4v) is 3.52. The molecule has 0 aliphatic heterocycles. The zero-order valence-electron chi connectivity index (χ0n) is 14.3. The number of nitrogens with zero attached hydrogens (tertiary/aromatic N) is 2. The maximum Gasteiger partial charge on any atom is 0.239 e. The first kappa shape index (κ1) is 17.4. The molecule has 0 spiro atoms. The van der Waals surface area contributed by atoms with Crippen LogP contribution in [0.4, 0.5) is 5.82 Å². The van der Waals surface area contributed by atoms with Crippen LogP contribution < -0.4 is 10.6 Å². The Hall–Kier alpha value is -2.44. The molecule has 2 N–H and O–H groups in total. The Morgan fingerprint density at radius 3 is 2.64 bits per heavy atom. The number of nitrogens with one attached hydrogen (secondary N) is 2. The van der Waals surface area contributed by atoms with E-state index in [2.05, 4.69) is 33.9 Å². The second-order valence-electron chi connectivity index (χ2n) is 6.04. The zero-order valence-corrected chi connectivity index (χ0v) is 15.2. The highest BCUT2D eigenvalue weighted by Gasteiger charge is 2.16. The van der Waals surface area contributed by atoms with Gasteiger partial charge >= 0.3 is 0 Å². The third kappa shape index (κ3) is 4.35. The first-order valence-electron chi connectivity index (χ1n) is 8.30. The summed E-state index contributed by atoms with van der Waals surface area (Å²) in [6.45, 7) is 4.28. The molecule has 1 aromatic carbocycles. The number of benzene rings is 1. The van der Waals surface area contributed by atoms with Crippen molar-refractivity contribution in [2.75, 3.05) is 11.9 Å². The lowest BCUT2D eigenvalue weighted by Gasteiger charge is -2.18. The summed E-state index contributed by atoms with van der Waals surface area (Å²) in [6, 6.07) is 16.3. The number of aromatic nitrogens is 2. The van der Waals surface area contributed by atoms with Crippen LogP contribution in [-0.4, -0.2) is 22.2 Å². The van der Waals surface area contributed by atoms with Crippen molar-refractivity contribution in [3.05, 3.63) is 70.5 Å². The van der Waals surface area contributed by atoms with Gasteiger partial charge in [-0.3, -0.25) is 10.1 Å². The molecule has 0 aliphatic carbocycles. The Balaban J connectivity index is 1.67. The van der Waals surface area contributed by atoms with Gasteiger partial charge in [0.25, 0.3) is 0 Å². The molecule has 0 aliphatic rings. The third-order valence-corrected chi connectivity index (χ3v) is 4.79. The van der Waals surface area contributed by atoms with Crippen LogP contribution in [0.1, 0.15) is 36.4 Å². The van der Waals surface area contributed by atoms with Crippen LogP contribution in [0.3, 0.4) is 0 Å². The normalized spacial score (nSPS) is 12.3. The van der Waals surface area contributed by atoms with E-state index in [0.29, 0.717) is 5.82 Å². The average molecular weight is 354 g/mol. The second kappa shape index (κ2) is 8.09. The van der Waals surface area contributed by atoms with E-state index in [1.165, 1.54) is 4.88 Å². The number of rotatable bonds is 7. The lowest BCUT2D eigenvalue weighted by Crippen LogP contribution is -2.32. The van der Waals surface area contributed by atoms with Gasteiger partial charge in [-0.2, -0.15) is 5.10 Å². The Morgan fingerprint density at radius 2 is 1.96 bits per heavy atom. The molecule has 1 unspecified atom stereocenters. The predicted octanol–water partition coefficient (Wildman–Crippen LogP) is 3.84. The zero-order chi connectivity index (χ0) is 17.6. The molecule has 1 amide bonds. The molecule has 2 aromatic heterocycles. The fourth-order valence-electron chi connectivity index (χ4n) is 2.69. The van der Waals surface area contributed by atoms with Crippen molar-refractivity contribution in [1.29, 1.82) is 0 Å². The van der Waals surface area contributed by atoms with Crippen molar-refractivity contribution >= 4 is 23.1 Å². The van der Waals surface area contributed by atoms with Crippen molar-refractivity contribution in [3.63, 3.8) is 0 Å². The number of carbonyl (C=O) groups is 1. The van der Waals surface area contributed by atoms with Crippen molar-refractivity contribution < 1.29 is 4.79 Å². The minimum atomic E-state index is -0.0834. The summed E-state index contributed by atoms with van der Waals surface area (Å²) in [6.07, 6.45) is 1.70. The van der Waals surface area contributed by atoms with Crippen molar-refractivity contribution in [3.8, 4) is 0 Å². The van der Waals surface area contributed by atoms with Crippen LogP contribution in [0.5, 0.6) is 0 Å². The molecule has 130 valence electrons. The highest BCUT2D eigenvalue weighted by Crippen LogP contribution is 2.25. The van der Waals surface area contributed by atoms with Crippen LogP contribution in [0.25, 0.3) is 0 Å². The van der Waals surface area contributed by atoms with E-state index in [9.17, 15) is 4.79 Å². The van der Waals surface area contributed by atoms with E-state index in [-0.39, 0.29) is 24.5 Å². The summed E-state index contributed by atoms with van der Waals surface area (Å²) in [7, 11) is 0. The number of thiophene rings is 1. The quantitative estimate of drug-likeness (QED) is 0.678. The summed E-state index contributed by atoms with van der Waals surface area (Å²) in [4.78, 5) is 13.6. The molecule has 5 nitrogen and oxygen atoms in total. The van der Waals surface area contributed by atoms with E-state index in [0.717, 1.165) is 5.56 Å². The van der Waals surface area contributed by atoms with Gasteiger partial charge in [-0.15, -0.1) is 11.3 Å². The Kier molecular flexibility index (Phi) is 5.63. The van der Waals surface area contributed by atoms with Gasteiger partial charge in [0, 0.05) is 17.0 Å². The van der Waals surface area contributed by atoms with Crippen LogP contribution in [-0.2, 0) is 4.79 Å². The molecule has 0 saturated heterocycles. The van der Waals surface area contributed by atoms with Crippen molar-refractivity contribution in [1.82, 2.24) is 15.1 Å². The van der Waals surface area contributed by atoms with Crippen LogP contribution >= 0.6 is 11.3 Å². The molecule has 0 fully saturated rings. The SMILES string of the molecule is CC(C)n1nccc1NC(=O)CNC(c1ccccc1)c1cccs1. The molecule has 0 bridgehead atoms. The summed E-state index contributed by atoms with van der Waals surface area (Å²) >= 11 is 1.68. The largest absolute Gasteiger partial charge is 0.310 e. The van der Waals surface area contributed by atoms with E-state index >= 15 is 0 Å². The van der Waals surface area contributed by atoms with E-state index in [1.807, 2.05) is 49.6 Å². The standard InChI is InChI=1S/C19H22N4OS/c1-14(2)23-17(10-11-21-23)22-18(24)13-20-19(16-9-6-12-25-16)15-7-4-3-5-8-15/h3-12,14,19-20H,13H2,1-2H3,(H,22,24). The van der Waals surface area contributed by atoms with E-state index in [4.69, 9.17) is 0 Å². The summed E-state index contributed by atoms with van der Waals surface area (Å²) in [5.41, 5.74) is 1.14. The maximum atomic E-state index is 12.4. The molecule has 3 rings (SSSR count). The number of amides is 1. The Bertz CT molecular complexity index is 796. The highest BCUT2D eigenvalue weighted by atomic mass is 32.1. The third-order valence-electron chi connectivity index (χ3n) is 3.85. The minimum Gasteiger partial charge on any atom is -0.310 e. The van der Waals surface area contributed by atoms with Crippen LogP contribution in [0, 0.1) is 0 Å². The van der Waals surface area contributed by atoms with E-state index in [1.54, 1.807) is 22.2 Å². The molecular formula is C19H22N4OS. The fraction of sp³-hybridized carbons (Fsp3) is 0.263. The number of carbonyl (C=O) groups excluding carboxylic acids is 1. The molecular weight excluding hydrogens is 332 g/mol. The minimum absolute atomic E-state index is 0.00181. The van der Waals surface area contributed by atoms with E-state index < -0.39 is 0 Å². The molecule has 2 heterocycles. The molecule has 3 aromatic rings. The first-order valence-corrected chi connectivity index (χ1v) is 9.18.